The molecule has 2 aliphatic heterocycles. The van der Waals surface area contributed by atoms with Crippen LogP contribution in [-0.4, -0.2) is 23.6 Å². The number of nitrogens with one attached hydrogen (secondary N) is 1. The predicted octanol–water partition coefficient (Wildman–Crippen LogP) is 2.95. The van der Waals surface area contributed by atoms with Crippen LogP contribution in [0.2, 0.25) is 5.02 Å². The second kappa shape index (κ2) is 4.93. The maximum atomic E-state index is 11.5. The Bertz CT molecular complexity index is 561. The Labute approximate surface area is 123 Å². The van der Waals surface area contributed by atoms with E-state index in [0.717, 1.165) is 18.7 Å². The van der Waals surface area contributed by atoms with Crippen molar-refractivity contribution in [2.24, 2.45) is 5.92 Å². The van der Waals surface area contributed by atoms with E-state index in [0.29, 0.717) is 28.2 Å². The molecule has 0 aliphatic carbocycles. The Hall–Kier alpha value is -1.26. The molecule has 1 saturated heterocycles. The highest BCUT2D eigenvalue weighted by molar-refractivity contribution is 6.33. The van der Waals surface area contributed by atoms with Crippen molar-refractivity contribution >= 4 is 28.9 Å². The van der Waals surface area contributed by atoms with Crippen LogP contribution >= 0.6 is 11.6 Å². The van der Waals surface area contributed by atoms with Crippen molar-refractivity contribution in [2.75, 3.05) is 16.8 Å². The second-order valence-corrected chi connectivity index (χ2v) is 6.37. The number of hydrogen-bond donors (Lipinski definition) is 2. The topological polar surface area (TPSA) is 52.6 Å². The maximum absolute atomic E-state index is 11.5. The number of benzene rings is 1. The first-order valence-corrected chi connectivity index (χ1v) is 7.44. The molecule has 1 aromatic rings. The van der Waals surface area contributed by atoms with E-state index >= 15 is 0 Å². The summed E-state index contributed by atoms with van der Waals surface area (Å²) in [6.45, 7) is 5.41. The van der Waals surface area contributed by atoms with Crippen molar-refractivity contribution in [3.8, 4) is 0 Å². The van der Waals surface area contributed by atoms with Crippen LogP contribution in [0, 0.1) is 5.92 Å². The van der Waals surface area contributed by atoms with Crippen molar-refractivity contribution in [1.29, 1.82) is 0 Å². The number of rotatable bonds is 1. The molecule has 3 rings (SSSR count). The molecule has 4 nitrogen and oxygen atoms in total. The van der Waals surface area contributed by atoms with Gasteiger partial charge >= 0.3 is 0 Å². The van der Waals surface area contributed by atoms with Gasteiger partial charge in [-0.25, -0.2) is 0 Å². The molecule has 2 N–H and O–H groups in total. The molecule has 3 atom stereocenters. The van der Waals surface area contributed by atoms with Crippen LogP contribution in [0.4, 0.5) is 11.4 Å². The maximum Gasteiger partial charge on any atom is 0.257 e. The number of anilines is 2. The summed E-state index contributed by atoms with van der Waals surface area (Å²) >= 11 is 6.38. The first kappa shape index (κ1) is 13.7. The molecule has 0 radical (unpaired) electrons. The summed E-state index contributed by atoms with van der Waals surface area (Å²) in [4.78, 5) is 13.8. The highest BCUT2D eigenvalue weighted by atomic mass is 35.5. The average molecular weight is 295 g/mol. The lowest BCUT2D eigenvalue weighted by Crippen LogP contribution is -2.41. The largest absolute Gasteiger partial charge is 0.378 e. The molecule has 2 aliphatic rings. The van der Waals surface area contributed by atoms with E-state index in [9.17, 15) is 9.90 Å². The highest BCUT2D eigenvalue weighted by Gasteiger charge is 2.32. The van der Waals surface area contributed by atoms with Gasteiger partial charge in [-0.1, -0.05) is 18.5 Å². The molecule has 0 bridgehead atoms. The number of carbonyl (C=O) groups is 1. The summed E-state index contributed by atoms with van der Waals surface area (Å²) in [6, 6.07) is 4.03. The van der Waals surface area contributed by atoms with Gasteiger partial charge in [-0.3, -0.25) is 4.79 Å². The minimum atomic E-state index is -1.10. The van der Waals surface area contributed by atoms with Gasteiger partial charge in [0, 0.05) is 23.8 Å². The van der Waals surface area contributed by atoms with Crippen molar-refractivity contribution in [3.63, 3.8) is 0 Å². The van der Waals surface area contributed by atoms with Crippen molar-refractivity contribution < 1.29 is 9.90 Å². The molecule has 2 heterocycles. The molecule has 1 amide bonds. The third-order valence-electron chi connectivity index (χ3n) is 4.35. The van der Waals surface area contributed by atoms with E-state index in [4.69, 9.17) is 11.6 Å². The van der Waals surface area contributed by atoms with Crippen LogP contribution in [0.1, 0.15) is 38.4 Å². The standard InChI is InChI=1S/C15H19ClN2O2/c1-8-3-4-9(2)18(7-8)13-6-12-10(5-11(13)16)14(19)15(20)17-12/h5-6,8-9,14,19H,3-4,7H2,1-2H3,(H,17,20). The minimum absolute atomic E-state index is 0.381. The smallest absolute Gasteiger partial charge is 0.257 e. The summed E-state index contributed by atoms with van der Waals surface area (Å²) in [7, 11) is 0. The molecule has 0 aromatic heterocycles. The Morgan fingerprint density at radius 2 is 2.10 bits per heavy atom. The highest BCUT2D eigenvalue weighted by Crippen LogP contribution is 2.40. The number of aliphatic hydroxyl groups excluding tert-OH is 1. The molecule has 5 heteroatoms. The number of piperidine rings is 1. The van der Waals surface area contributed by atoms with E-state index in [1.807, 2.05) is 6.07 Å². The zero-order valence-electron chi connectivity index (χ0n) is 11.7. The van der Waals surface area contributed by atoms with Gasteiger partial charge in [0.05, 0.1) is 10.7 Å². The van der Waals surface area contributed by atoms with Crippen molar-refractivity contribution in [2.45, 2.75) is 38.8 Å². The SMILES string of the molecule is CC1CCC(C)N(c2cc3c(cc2Cl)C(O)C(=O)N3)C1. The quantitative estimate of drug-likeness (QED) is 0.837. The van der Waals surface area contributed by atoms with E-state index < -0.39 is 6.10 Å². The molecule has 1 aromatic carbocycles. The Morgan fingerprint density at radius 1 is 1.35 bits per heavy atom. The van der Waals surface area contributed by atoms with Crippen molar-refractivity contribution in [1.82, 2.24) is 0 Å². The van der Waals surface area contributed by atoms with E-state index in [1.165, 1.54) is 6.42 Å². The van der Waals surface area contributed by atoms with Crippen LogP contribution in [-0.2, 0) is 4.79 Å². The number of fused-ring (bicyclic) bond motifs is 1. The van der Waals surface area contributed by atoms with Gasteiger partial charge in [-0.2, -0.15) is 0 Å². The molecule has 0 saturated carbocycles. The second-order valence-electron chi connectivity index (χ2n) is 5.97. The zero-order valence-corrected chi connectivity index (χ0v) is 12.4. The normalized spacial score (nSPS) is 29.3. The van der Waals surface area contributed by atoms with E-state index in [1.54, 1.807) is 6.07 Å². The van der Waals surface area contributed by atoms with E-state index in [2.05, 4.69) is 24.1 Å². The molecular weight excluding hydrogens is 276 g/mol. The molecule has 20 heavy (non-hydrogen) atoms. The lowest BCUT2D eigenvalue weighted by molar-refractivity contribution is -0.123. The fourth-order valence-electron chi connectivity index (χ4n) is 3.10. The number of amides is 1. The first-order valence-electron chi connectivity index (χ1n) is 7.06. The van der Waals surface area contributed by atoms with Crippen LogP contribution < -0.4 is 10.2 Å². The van der Waals surface area contributed by atoms with Gasteiger partial charge in [-0.05, 0) is 37.8 Å². The van der Waals surface area contributed by atoms with Crippen molar-refractivity contribution in [3.05, 3.63) is 22.7 Å². The Morgan fingerprint density at radius 3 is 2.85 bits per heavy atom. The van der Waals surface area contributed by atoms with Crippen LogP contribution in [0.5, 0.6) is 0 Å². The fraction of sp³-hybridized carbons (Fsp3) is 0.533. The summed E-state index contributed by atoms with van der Waals surface area (Å²) in [6.07, 6.45) is 1.27. The minimum Gasteiger partial charge on any atom is -0.378 e. The third-order valence-corrected chi connectivity index (χ3v) is 4.65. The molecule has 3 unspecified atom stereocenters. The lowest BCUT2D eigenvalue weighted by atomic mass is 9.94. The number of carbonyl (C=O) groups excluding carboxylic acids is 1. The Kier molecular flexibility index (Phi) is 3.38. The summed E-state index contributed by atoms with van der Waals surface area (Å²) in [5.74, 6) is 0.254. The number of hydrogen-bond acceptors (Lipinski definition) is 3. The summed E-state index contributed by atoms with van der Waals surface area (Å²) in [5.41, 5.74) is 2.19. The average Bonchev–Trinajstić information content (AvgIpc) is 2.68. The van der Waals surface area contributed by atoms with Crippen LogP contribution in [0.3, 0.4) is 0 Å². The van der Waals surface area contributed by atoms with Crippen LogP contribution in [0.15, 0.2) is 12.1 Å². The monoisotopic (exact) mass is 294 g/mol. The van der Waals surface area contributed by atoms with E-state index in [-0.39, 0.29) is 5.91 Å². The first-order chi connectivity index (χ1) is 9.47. The number of aliphatic hydroxyl groups is 1. The lowest BCUT2D eigenvalue weighted by Gasteiger charge is -2.39. The van der Waals surface area contributed by atoms with Gasteiger partial charge < -0.3 is 15.3 Å². The van der Waals surface area contributed by atoms with Gasteiger partial charge in [0.1, 0.15) is 0 Å². The molecule has 0 spiro atoms. The number of nitrogens with zero attached hydrogens (tertiary/aromatic N) is 1. The number of halogens is 1. The van der Waals surface area contributed by atoms with Gasteiger partial charge in [0.2, 0.25) is 0 Å². The predicted molar refractivity (Wildman–Crippen MR) is 80.2 cm³/mol. The fourth-order valence-corrected chi connectivity index (χ4v) is 3.38. The summed E-state index contributed by atoms with van der Waals surface area (Å²) in [5, 5.41) is 13.1. The zero-order chi connectivity index (χ0) is 14.4. The van der Waals surface area contributed by atoms with Crippen LogP contribution in [0.25, 0.3) is 0 Å². The Balaban J connectivity index is 1.99. The molecule has 108 valence electrons. The molecular formula is C15H19ClN2O2. The molecule has 1 fully saturated rings. The summed E-state index contributed by atoms with van der Waals surface area (Å²) < 4.78 is 0. The third kappa shape index (κ3) is 2.17. The van der Waals surface area contributed by atoms with Gasteiger partial charge in [0.25, 0.3) is 5.91 Å². The van der Waals surface area contributed by atoms with Gasteiger partial charge in [-0.15, -0.1) is 0 Å². The van der Waals surface area contributed by atoms with Gasteiger partial charge in [0.15, 0.2) is 6.10 Å².